The predicted molar refractivity (Wildman–Crippen MR) is 93.2 cm³/mol. The minimum absolute atomic E-state index is 0.136. The predicted octanol–water partition coefficient (Wildman–Crippen LogP) is 4.06. The van der Waals surface area contributed by atoms with Gasteiger partial charge in [-0.1, -0.05) is 34.9 Å². The summed E-state index contributed by atoms with van der Waals surface area (Å²) in [7, 11) is 0. The van der Waals surface area contributed by atoms with Crippen molar-refractivity contribution in [1.29, 1.82) is 0 Å². The van der Waals surface area contributed by atoms with Gasteiger partial charge < -0.3 is 10.2 Å². The molecule has 4 heteroatoms. The summed E-state index contributed by atoms with van der Waals surface area (Å²) in [5.41, 5.74) is 3.44. The Labute approximate surface area is 139 Å². The van der Waals surface area contributed by atoms with Crippen LogP contribution in [0.1, 0.15) is 59.8 Å². The zero-order valence-corrected chi connectivity index (χ0v) is 14.8. The lowest BCUT2D eigenvalue weighted by Gasteiger charge is -2.12. The maximum Gasteiger partial charge on any atom is 0.314 e. The van der Waals surface area contributed by atoms with Gasteiger partial charge in [0.1, 0.15) is 11.7 Å². The minimum atomic E-state index is -1.10. The Morgan fingerprint density at radius 1 is 0.957 bits per heavy atom. The lowest BCUT2D eigenvalue weighted by Crippen LogP contribution is -2.22. The first kappa shape index (κ1) is 21.3. The molecule has 0 aromatic rings. The smallest absolute Gasteiger partial charge is 0.314 e. The second kappa shape index (κ2) is 11.8. The van der Waals surface area contributed by atoms with Gasteiger partial charge in [0.2, 0.25) is 0 Å². The first-order chi connectivity index (χ1) is 10.8. The van der Waals surface area contributed by atoms with Crippen molar-refractivity contribution in [3.05, 3.63) is 34.9 Å². The molecule has 2 N–H and O–H groups in total. The van der Waals surface area contributed by atoms with Gasteiger partial charge in [-0.2, -0.15) is 0 Å². The molecule has 23 heavy (non-hydrogen) atoms. The maximum absolute atomic E-state index is 11.4. The van der Waals surface area contributed by atoms with Crippen molar-refractivity contribution in [1.82, 2.24) is 0 Å². The number of allylic oxidation sites excluding steroid dienone is 5. The van der Waals surface area contributed by atoms with Gasteiger partial charge in [-0.3, -0.25) is 9.59 Å². The standard InChI is InChI=1S/C19H30O4/c1-14(2)7-5-8-15(3)9-6-10-17(11-12-20)13-18(16(4)21)19(22)23/h7,9,11,18,20H,5-6,8,10,12-13H2,1-4H3,(H,22,23). The highest BCUT2D eigenvalue weighted by Crippen LogP contribution is 2.19. The lowest BCUT2D eigenvalue weighted by atomic mass is 9.93. The Morgan fingerprint density at radius 2 is 1.57 bits per heavy atom. The quantitative estimate of drug-likeness (QED) is 0.444. The van der Waals surface area contributed by atoms with E-state index in [2.05, 4.69) is 32.9 Å². The van der Waals surface area contributed by atoms with E-state index >= 15 is 0 Å². The summed E-state index contributed by atoms with van der Waals surface area (Å²) in [6.45, 7) is 7.41. The van der Waals surface area contributed by atoms with Crippen molar-refractivity contribution >= 4 is 11.8 Å². The topological polar surface area (TPSA) is 74.6 Å². The average Bonchev–Trinajstić information content (AvgIpc) is 2.43. The van der Waals surface area contributed by atoms with Gasteiger partial charge in [0.25, 0.3) is 0 Å². The van der Waals surface area contributed by atoms with Crippen molar-refractivity contribution < 1.29 is 19.8 Å². The molecule has 0 aliphatic heterocycles. The molecule has 0 aromatic heterocycles. The van der Waals surface area contributed by atoms with Crippen molar-refractivity contribution in [2.24, 2.45) is 5.92 Å². The lowest BCUT2D eigenvalue weighted by molar-refractivity contribution is -0.145. The van der Waals surface area contributed by atoms with E-state index in [1.165, 1.54) is 18.1 Å². The zero-order chi connectivity index (χ0) is 17.8. The van der Waals surface area contributed by atoms with E-state index in [1.54, 1.807) is 6.08 Å². The van der Waals surface area contributed by atoms with Crippen LogP contribution in [-0.2, 0) is 9.59 Å². The van der Waals surface area contributed by atoms with Crippen LogP contribution in [-0.4, -0.2) is 28.6 Å². The Hall–Kier alpha value is -1.68. The normalized spacial score (nSPS) is 13.6. The van der Waals surface area contributed by atoms with Crippen LogP contribution in [0.15, 0.2) is 34.9 Å². The average molecular weight is 322 g/mol. The van der Waals surface area contributed by atoms with Gasteiger partial charge >= 0.3 is 5.97 Å². The first-order valence-electron chi connectivity index (χ1n) is 8.09. The Morgan fingerprint density at radius 3 is 2.04 bits per heavy atom. The van der Waals surface area contributed by atoms with E-state index in [9.17, 15) is 9.59 Å². The van der Waals surface area contributed by atoms with Gasteiger partial charge in [-0.15, -0.1) is 0 Å². The van der Waals surface area contributed by atoms with Crippen LogP contribution in [0.4, 0.5) is 0 Å². The van der Waals surface area contributed by atoms with E-state index in [4.69, 9.17) is 10.2 Å². The Bertz CT molecular complexity index is 466. The number of carbonyl (C=O) groups is 2. The molecule has 0 fully saturated rings. The second-order valence-corrected chi connectivity index (χ2v) is 6.16. The molecular weight excluding hydrogens is 292 g/mol. The summed E-state index contributed by atoms with van der Waals surface area (Å²) in [5.74, 6) is -2.47. The Balaban J connectivity index is 4.55. The van der Waals surface area contributed by atoms with Crippen molar-refractivity contribution in [3.63, 3.8) is 0 Å². The monoisotopic (exact) mass is 322 g/mol. The SMILES string of the molecule is CC(=O)C(CC(=CCO)CCC=C(C)CCC=C(C)C)C(=O)O. The summed E-state index contributed by atoms with van der Waals surface area (Å²) in [6.07, 6.45) is 9.63. The molecule has 0 rings (SSSR count). The van der Waals surface area contributed by atoms with Gasteiger partial charge in [0.15, 0.2) is 0 Å². The Kier molecular flexibility index (Phi) is 11.0. The number of hydrogen-bond donors (Lipinski definition) is 2. The van der Waals surface area contributed by atoms with Crippen LogP contribution in [0.25, 0.3) is 0 Å². The molecule has 0 saturated carbocycles. The van der Waals surface area contributed by atoms with E-state index < -0.39 is 11.9 Å². The molecule has 130 valence electrons. The van der Waals surface area contributed by atoms with E-state index in [0.29, 0.717) is 6.42 Å². The highest BCUT2D eigenvalue weighted by Gasteiger charge is 2.23. The molecule has 0 aliphatic rings. The van der Waals surface area contributed by atoms with Gasteiger partial charge in [0.05, 0.1) is 6.61 Å². The largest absolute Gasteiger partial charge is 0.481 e. The molecule has 0 amide bonds. The van der Waals surface area contributed by atoms with Gasteiger partial charge in [0, 0.05) is 0 Å². The van der Waals surface area contributed by atoms with Crippen molar-refractivity contribution in [2.75, 3.05) is 6.61 Å². The molecule has 4 nitrogen and oxygen atoms in total. The molecule has 0 heterocycles. The number of carbonyl (C=O) groups excluding carboxylic acids is 1. The van der Waals surface area contributed by atoms with E-state index in [-0.39, 0.29) is 18.8 Å². The fourth-order valence-electron chi connectivity index (χ4n) is 2.28. The van der Waals surface area contributed by atoms with Crippen LogP contribution < -0.4 is 0 Å². The van der Waals surface area contributed by atoms with E-state index in [0.717, 1.165) is 24.8 Å². The number of Topliss-reactive ketones (excluding diaryl/α,β-unsaturated/α-hetero) is 1. The highest BCUT2D eigenvalue weighted by atomic mass is 16.4. The number of rotatable bonds is 11. The first-order valence-corrected chi connectivity index (χ1v) is 8.09. The van der Waals surface area contributed by atoms with Crippen molar-refractivity contribution in [3.8, 4) is 0 Å². The van der Waals surface area contributed by atoms with Crippen LogP contribution in [0.2, 0.25) is 0 Å². The van der Waals surface area contributed by atoms with Gasteiger partial charge in [-0.05, 0) is 59.8 Å². The van der Waals surface area contributed by atoms with Crippen LogP contribution >= 0.6 is 0 Å². The summed E-state index contributed by atoms with van der Waals surface area (Å²) in [5, 5.41) is 18.2. The summed E-state index contributed by atoms with van der Waals surface area (Å²) in [4.78, 5) is 22.5. The maximum atomic E-state index is 11.4. The number of aliphatic carboxylic acids is 1. The summed E-state index contributed by atoms with van der Waals surface area (Å²) < 4.78 is 0. The molecule has 0 aromatic carbocycles. The molecule has 0 bridgehead atoms. The number of aliphatic hydroxyl groups excluding tert-OH is 1. The molecule has 0 saturated heterocycles. The summed E-state index contributed by atoms with van der Waals surface area (Å²) in [6, 6.07) is 0. The molecule has 0 radical (unpaired) electrons. The molecular formula is C19H30O4. The highest BCUT2D eigenvalue weighted by molar-refractivity contribution is 5.97. The summed E-state index contributed by atoms with van der Waals surface area (Å²) >= 11 is 0. The number of carboxylic acids is 1. The molecule has 0 spiro atoms. The third-order valence-corrected chi connectivity index (χ3v) is 3.68. The number of carboxylic acid groups (broad SMARTS) is 1. The van der Waals surface area contributed by atoms with Crippen LogP contribution in [0.5, 0.6) is 0 Å². The molecule has 1 unspecified atom stereocenters. The van der Waals surface area contributed by atoms with Gasteiger partial charge in [-0.25, -0.2) is 0 Å². The van der Waals surface area contributed by atoms with Crippen LogP contribution in [0.3, 0.4) is 0 Å². The third kappa shape index (κ3) is 10.6. The second-order valence-electron chi connectivity index (χ2n) is 6.16. The minimum Gasteiger partial charge on any atom is -0.481 e. The van der Waals surface area contributed by atoms with E-state index in [1.807, 2.05) is 0 Å². The molecule has 0 aliphatic carbocycles. The number of hydrogen-bond acceptors (Lipinski definition) is 3. The molecule has 1 atom stereocenters. The van der Waals surface area contributed by atoms with Crippen molar-refractivity contribution in [2.45, 2.75) is 59.8 Å². The zero-order valence-electron chi connectivity index (χ0n) is 14.8. The third-order valence-electron chi connectivity index (χ3n) is 3.68. The number of ketones is 1. The fourth-order valence-corrected chi connectivity index (χ4v) is 2.28. The number of aliphatic hydroxyl groups is 1. The van der Waals surface area contributed by atoms with Crippen LogP contribution in [0, 0.1) is 5.92 Å². The fraction of sp³-hybridized carbons (Fsp3) is 0.579.